The summed E-state index contributed by atoms with van der Waals surface area (Å²) in [5.41, 5.74) is 0.546. The molecule has 1 aromatic carbocycles. The minimum Gasteiger partial charge on any atom is -0.396 e. The van der Waals surface area contributed by atoms with Gasteiger partial charge in [0.25, 0.3) is 0 Å². The molecule has 0 saturated carbocycles. The second-order valence-corrected chi connectivity index (χ2v) is 3.27. The molecule has 0 unspecified atom stereocenters. The van der Waals surface area contributed by atoms with Crippen molar-refractivity contribution in [2.24, 2.45) is 0 Å². The Kier molecular flexibility index (Phi) is 4.53. The van der Waals surface area contributed by atoms with Gasteiger partial charge in [-0.25, -0.2) is 8.78 Å². The van der Waals surface area contributed by atoms with E-state index in [-0.39, 0.29) is 6.61 Å². The Balaban J connectivity index is 2.42. The van der Waals surface area contributed by atoms with E-state index in [0.717, 1.165) is 25.3 Å². The van der Waals surface area contributed by atoms with Gasteiger partial charge in [0.2, 0.25) is 0 Å². The molecule has 1 rings (SSSR count). The number of halogens is 2. The van der Waals surface area contributed by atoms with Crippen LogP contribution in [0.15, 0.2) is 18.2 Å². The van der Waals surface area contributed by atoms with E-state index in [9.17, 15) is 8.78 Å². The van der Waals surface area contributed by atoms with Crippen LogP contribution >= 0.6 is 0 Å². The number of aliphatic hydroxyl groups excluding tert-OH is 1. The Labute approximate surface area is 82.4 Å². The van der Waals surface area contributed by atoms with Crippen LogP contribution in [-0.2, 0) is 6.42 Å². The molecule has 14 heavy (non-hydrogen) atoms. The zero-order valence-corrected chi connectivity index (χ0v) is 7.97. The fraction of sp³-hybridized carbons (Fsp3) is 0.455. The Morgan fingerprint density at radius 3 is 2.50 bits per heavy atom. The first-order valence-corrected chi connectivity index (χ1v) is 4.79. The van der Waals surface area contributed by atoms with E-state index < -0.39 is 11.6 Å². The zero-order chi connectivity index (χ0) is 10.4. The number of hydrogen-bond donors (Lipinski definition) is 1. The summed E-state index contributed by atoms with van der Waals surface area (Å²) in [4.78, 5) is 0. The summed E-state index contributed by atoms with van der Waals surface area (Å²) in [5, 5.41) is 8.53. The molecule has 0 atom stereocenters. The molecular weight excluding hydrogens is 186 g/mol. The lowest BCUT2D eigenvalue weighted by atomic mass is 10.1. The van der Waals surface area contributed by atoms with Crippen molar-refractivity contribution in [3.63, 3.8) is 0 Å². The third-order valence-electron chi connectivity index (χ3n) is 2.12. The summed E-state index contributed by atoms with van der Waals surface area (Å²) >= 11 is 0. The van der Waals surface area contributed by atoms with Gasteiger partial charge >= 0.3 is 0 Å². The predicted molar refractivity (Wildman–Crippen MR) is 51.0 cm³/mol. The highest BCUT2D eigenvalue weighted by Gasteiger charge is 2.02. The third kappa shape index (κ3) is 3.42. The molecule has 0 heterocycles. The third-order valence-corrected chi connectivity index (χ3v) is 2.12. The summed E-state index contributed by atoms with van der Waals surface area (Å²) in [6.07, 6.45) is 3.03. The standard InChI is InChI=1S/C11H14F2O/c12-10-6-5-9(11(13)8-10)4-2-1-3-7-14/h5-6,8,14H,1-4,7H2. The lowest BCUT2D eigenvalue weighted by molar-refractivity contribution is 0.283. The largest absolute Gasteiger partial charge is 0.396 e. The molecule has 0 aromatic heterocycles. The van der Waals surface area contributed by atoms with Gasteiger partial charge in [0.15, 0.2) is 0 Å². The van der Waals surface area contributed by atoms with Crippen LogP contribution in [0.5, 0.6) is 0 Å². The van der Waals surface area contributed by atoms with Gasteiger partial charge in [0.1, 0.15) is 11.6 Å². The van der Waals surface area contributed by atoms with Gasteiger partial charge in [-0.3, -0.25) is 0 Å². The van der Waals surface area contributed by atoms with Crippen molar-refractivity contribution >= 4 is 0 Å². The normalized spacial score (nSPS) is 10.5. The Hall–Kier alpha value is -0.960. The minimum absolute atomic E-state index is 0.173. The Morgan fingerprint density at radius 1 is 1.07 bits per heavy atom. The molecule has 78 valence electrons. The maximum absolute atomic E-state index is 13.1. The second kappa shape index (κ2) is 5.70. The Bertz CT molecular complexity index is 287. The molecule has 3 heteroatoms. The monoisotopic (exact) mass is 200 g/mol. The summed E-state index contributed by atoms with van der Waals surface area (Å²) in [6.45, 7) is 0.173. The van der Waals surface area contributed by atoms with Gasteiger partial charge in [-0.15, -0.1) is 0 Å². The molecule has 0 radical (unpaired) electrons. The first-order valence-electron chi connectivity index (χ1n) is 4.79. The number of aryl methyl sites for hydroxylation is 1. The quantitative estimate of drug-likeness (QED) is 0.724. The molecule has 0 aliphatic rings. The van der Waals surface area contributed by atoms with E-state index in [0.29, 0.717) is 12.0 Å². The molecule has 1 N–H and O–H groups in total. The molecule has 0 aliphatic carbocycles. The van der Waals surface area contributed by atoms with Crippen LogP contribution in [0.4, 0.5) is 8.78 Å². The van der Waals surface area contributed by atoms with Crippen LogP contribution in [0, 0.1) is 11.6 Å². The molecule has 0 fully saturated rings. The maximum atomic E-state index is 13.1. The number of aliphatic hydroxyl groups is 1. The number of benzene rings is 1. The van der Waals surface area contributed by atoms with Crippen LogP contribution in [0.1, 0.15) is 24.8 Å². The molecule has 0 amide bonds. The molecule has 1 nitrogen and oxygen atoms in total. The van der Waals surface area contributed by atoms with Crippen LogP contribution in [0.3, 0.4) is 0 Å². The van der Waals surface area contributed by atoms with Crippen molar-refractivity contribution < 1.29 is 13.9 Å². The number of rotatable bonds is 5. The van der Waals surface area contributed by atoms with E-state index in [1.54, 1.807) is 0 Å². The molecule has 0 bridgehead atoms. The second-order valence-electron chi connectivity index (χ2n) is 3.27. The van der Waals surface area contributed by atoms with Crippen molar-refractivity contribution in [3.8, 4) is 0 Å². The molecule has 0 saturated heterocycles. The Morgan fingerprint density at radius 2 is 1.86 bits per heavy atom. The van der Waals surface area contributed by atoms with Crippen molar-refractivity contribution in [1.29, 1.82) is 0 Å². The summed E-state index contributed by atoms with van der Waals surface area (Å²) in [7, 11) is 0. The number of unbranched alkanes of at least 4 members (excludes halogenated alkanes) is 2. The zero-order valence-electron chi connectivity index (χ0n) is 7.97. The first-order chi connectivity index (χ1) is 6.74. The van der Waals surface area contributed by atoms with Crippen LogP contribution in [-0.4, -0.2) is 11.7 Å². The highest BCUT2D eigenvalue weighted by molar-refractivity contribution is 5.18. The van der Waals surface area contributed by atoms with E-state index in [1.165, 1.54) is 12.1 Å². The van der Waals surface area contributed by atoms with Crippen LogP contribution in [0.25, 0.3) is 0 Å². The SMILES string of the molecule is OCCCCCc1ccc(F)cc1F. The highest BCUT2D eigenvalue weighted by Crippen LogP contribution is 2.12. The van der Waals surface area contributed by atoms with Gasteiger partial charge in [0, 0.05) is 12.7 Å². The summed E-state index contributed by atoms with van der Waals surface area (Å²) in [6, 6.07) is 3.65. The van der Waals surface area contributed by atoms with Crippen molar-refractivity contribution in [2.75, 3.05) is 6.61 Å². The topological polar surface area (TPSA) is 20.2 Å². The predicted octanol–water partition coefficient (Wildman–Crippen LogP) is 2.67. The molecule has 0 spiro atoms. The fourth-order valence-electron chi connectivity index (χ4n) is 1.33. The number of hydrogen-bond acceptors (Lipinski definition) is 1. The lowest BCUT2D eigenvalue weighted by Crippen LogP contribution is -1.93. The maximum Gasteiger partial charge on any atom is 0.129 e. The average Bonchev–Trinajstić information content (AvgIpc) is 2.15. The van der Waals surface area contributed by atoms with Gasteiger partial charge in [0.05, 0.1) is 0 Å². The highest BCUT2D eigenvalue weighted by atomic mass is 19.1. The van der Waals surface area contributed by atoms with Gasteiger partial charge < -0.3 is 5.11 Å². The minimum atomic E-state index is -0.540. The average molecular weight is 200 g/mol. The van der Waals surface area contributed by atoms with E-state index >= 15 is 0 Å². The van der Waals surface area contributed by atoms with Gasteiger partial charge in [-0.05, 0) is 30.9 Å². The lowest BCUT2D eigenvalue weighted by Gasteiger charge is -2.02. The van der Waals surface area contributed by atoms with Crippen molar-refractivity contribution in [1.82, 2.24) is 0 Å². The molecule has 1 aromatic rings. The van der Waals surface area contributed by atoms with E-state index in [1.807, 2.05) is 0 Å². The van der Waals surface area contributed by atoms with Gasteiger partial charge in [-0.1, -0.05) is 12.5 Å². The fourth-order valence-corrected chi connectivity index (χ4v) is 1.33. The summed E-state index contributed by atoms with van der Waals surface area (Å²) in [5.74, 6) is -1.02. The van der Waals surface area contributed by atoms with Crippen LogP contribution < -0.4 is 0 Å². The molecular formula is C11H14F2O. The van der Waals surface area contributed by atoms with Gasteiger partial charge in [-0.2, -0.15) is 0 Å². The smallest absolute Gasteiger partial charge is 0.129 e. The van der Waals surface area contributed by atoms with E-state index in [2.05, 4.69) is 0 Å². The van der Waals surface area contributed by atoms with Crippen molar-refractivity contribution in [2.45, 2.75) is 25.7 Å². The van der Waals surface area contributed by atoms with Crippen molar-refractivity contribution in [3.05, 3.63) is 35.4 Å². The molecule has 0 aliphatic heterocycles. The van der Waals surface area contributed by atoms with Crippen LogP contribution in [0.2, 0.25) is 0 Å². The summed E-state index contributed by atoms with van der Waals surface area (Å²) < 4.78 is 25.6. The first kappa shape index (κ1) is 11.1. The van der Waals surface area contributed by atoms with E-state index in [4.69, 9.17) is 5.11 Å².